The third-order valence-electron chi connectivity index (χ3n) is 9.79. The third kappa shape index (κ3) is 4.55. The zero-order valence-electron chi connectivity index (χ0n) is 30.4. The van der Waals surface area contributed by atoms with Crippen molar-refractivity contribution in [2.75, 3.05) is 0 Å². The molecular formula is C48H30O. The van der Waals surface area contributed by atoms with Crippen LogP contribution < -0.4 is 0 Å². The van der Waals surface area contributed by atoms with Crippen LogP contribution in [0.15, 0.2) is 186 Å². The molecule has 228 valence electrons. The van der Waals surface area contributed by atoms with Crippen LogP contribution in [0.5, 0.6) is 0 Å². The number of fused-ring (bicyclic) bond motifs is 6. The maximum atomic E-state index is 8.44. The molecule has 9 aromatic carbocycles. The number of furan rings is 1. The summed E-state index contributed by atoms with van der Waals surface area (Å²) in [5.41, 5.74) is 10.6. The highest BCUT2D eigenvalue weighted by Gasteiger charge is 2.17. The van der Waals surface area contributed by atoms with Crippen molar-refractivity contribution in [1.29, 1.82) is 0 Å². The molecule has 1 heteroatoms. The predicted molar refractivity (Wildman–Crippen MR) is 208 cm³/mol. The summed E-state index contributed by atoms with van der Waals surface area (Å²) in [6.45, 7) is 0. The van der Waals surface area contributed by atoms with Crippen LogP contribution in [0.4, 0.5) is 0 Å². The molecular weight excluding hydrogens is 593 g/mol. The molecule has 1 aromatic heterocycles. The van der Waals surface area contributed by atoms with Crippen molar-refractivity contribution < 1.29 is 9.90 Å². The van der Waals surface area contributed by atoms with Crippen LogP contribution in [0.3, 0.4) is 0 Å². The van der Waals surface area contributed by atoms with E-state index in [9.17, 15) is 0 Å². The van der Waals surface area contributed by atoms with Gasteiger partial charge in [0.25, 0.3) is 0 Å². The normalized spacial score (nSPS) is 12.8. The first-order chi connectivity index (χ1) is 25.9. The van der Waals surface area contributed by atoms with Gasteiger partial charge in [-0.05, 0) is 101 Å². The summed E-state index contributed by atoms with van der Waals surface area (Å²) >= 11 is 0. The Balaban J connectivity index is 1.07. The molecule has 1 nitrogen and oxygen atoms in total. The molecule has 0 aliphatic rings. The fourth-order valence-electron chi connectivity index (χ4n) is 7.45. The molecule has 10 aromatic rings. The molecule has 0 spiro atoms. The Hall–Kier alpha value is -6.44. The minimum atomic E-state index is -0.241. The second kappa shape index (κ2) is 11.1. The molecule has 0 unspecified atom stereocenters. The molecule has 0 fully saturated rings. The van der Waals surface area contributed by atoms with Crippen molar-refractivity contribution >= 4 is 54.3 Å². The van der Waals surface area contributed by atoms with E-state index in [-0.39, 0.29) is 24.2 Å². The van der Waals surface area contributed by atoms with Crippen molar-refractivity contribution in [3.63, 3.8) is 0 Å². The van der Waals surface area contributed by atoms with Gasteiger partial charge in [-0.2, -0.15) is 0 Å². The summed E-state index contributed by atoms with van der Waals surface area (Å²) in [7, 11) is 0. The van der Waals surface area contributed by atoms with Crippen LogP contribution in [0.1, 0.15) is 5.48 Å². The minimum Gasteiger partial charge on any atom is -0.456 e. The van der Waals surface area contributed by atoms with Gasteiger partial charge in [0, 0.05) is 10.8 Å². The Morgan fingerprint density at radius 1 is 0.327 bits per heavy atom. The monoisotopic (exact) mass is 626 g/mol. The standard InChI is InChI=1S/C48H30O/c1-2-10-31(11-3-1)32-18-22-34(23-19-32)47-40-14-6-8-16-42(40)48(43-17-9-7-15-41(43)47)35-24-20-33(21-25-35)38-26-27-39-44-28-36-12-4-5-13-37(36)29-46(44)49-45(39)30-38/h1-30H/i4D,5D,12D,13D. The number of rotatable bonds is 4. The van der Waals surface area contributed by atoms with Gasteiger partial charge in [0.2, 0.25) is 0 Å². The van der Waals surface area contributed by atoms with Gasteiger partial charge < -0.3 is 4.42 Å². The van der Waals surface area contributed by atoms with E-state index in [4.69, 9.17) is 9.90 Å². The summed E-state index contributed by atoms with van der Waals surface area (Å²) in [5, 5.41) is 7.52. The lowest BCUT2D eigenvalue weighted by Crippen LogP contribution is -1.91. The van der Waals surface area contributed by atoms with E-state index in [1.807, 2.05) is 24.3 Å². The van der Waals surface area contributed by atoms with Gasteiger partial charge in [-0.3, -0.25) is 0 Å². The van der Waals surface area contributed by atoms with Crippen molar-refractivity contribution in [3.05, 3.63) is 182 Å². The van der Waals surface area contributed by atoms with Crippen LogP contribution in [-0.4, -0.2) is 0 Å². The van der Waals surface area contributed by atoms with Crippen LogP contribution >= 0.6 is 0 Å². The van der Waals surface area contributed by atoms with E-state index in [0.29, 0.717) is 21.9 Å². The molecule has 0 aliphatic carbocycles. The fraction of sp³-hybridized carbons (Fsp3) is 0. The first-order valence-electron chi connectivity index (χ1n) is 18.5. The van der Waals surface area contributed by atoms with Gasteiger partial charge in [-0.25, -0.2) is 0 Å². The first kappa shape index (κ1) is 23.8. The Morgan fingerprint density at radius 2 is 0.755 bits per heavy atom. The van der Waals surface area contributed by atoms with Crippen molar-refractivity contribution in [1.82, 2.24) is 0 Å². The summed E-state index contributed by atoms with van der Waals surface area (Å²) in [6, 6.07) is 54.7. The molecule has 1 heterocycles. The summed E-state index contributed by atoms with van der Waals surface area (Å²) in [4.78, 5) is 0. The summed E-state index contributed by atoms with van der Waals surface area (Å²) < 4.78 is 39.4. The highest BCUT2D eigenvalue weighted by atomic mass is 16.3. The van der Waals surface area contributed by atoms with E-state index < -0.39 is 0 Å². The average Bonchev–Trinajstić information content (AvgIpc) is 3.58. The lowest BCUT2D eigenvalue weighted by atomic mass is 9.85. The van der Waals surface area contributed by atoms with Crippen LogP contribution in [-0.2, 0) is 0 Å². The summed E-state index contributed by atoms with van der Waals surface area (Å²) in [5.74, 6) is 0. The van der Waals surface area contributed by atoms with Crippen LogP contribution in [0.25, 0.3) is 98.8 Å². The van der Waals surface area contributed by atoms with E-state index >= 15 is 0 Å². The lowest BCUT2D eigenvalue weighted by Gasteiger charge is -2.18. The maximum absolute atomic E-state index is 8.44. The maximum Gasteiger partial charge on any atom is 0.136 e. The van der Waals surface area contributed by atoms with Gasteiger partial charge in [-0.15, -0.1) is 0 Å². The molecule has 0 bridgehead atoms. The van der Waals surface area contributed by atoms with Crippen LogP contribution in [0, 0.1) is 0 Å². The van der Waals surface area contributed by atoms with Gasteiger partial charge >= 0.3 is 0 Å². The Kier molecular flexibility index (Phi) is 5.38. The Bertz CT molecular complexity index is 3020. The van der Waals surface area contributed by atoms with Gasteiger partial charge in [0.05, 0.1) is 5.48 Å². The zero-order valence-corrected chi connectivity index (χ0v) is 26.4. The molecule has 0 radical (unpaired) electrons. The highest BCUT2D eigenvalue weighted by Crippen LogP contribution is 2.44. The second-order valence-electron chi connectivity index (χ2n) is 12.6. The quantitative estimate of drug-likeness (QED) is 0.177. The second-order valence-corrected chi connectivity index (χ2v) is 12.6. The Labute approximate surface area is 289 Å². The average molecular weight is 627 g/mol. The van der Waals surface area contributed by atoms with Gasteiger partial charge in [0.1, 0.15) is 11.2 Å². The van der Waals surface area contributed by atoms with E-state index in [0.717, 1.165) is 27.5 Å². The van der Waals surface area contributed by atoms with Crippen molar-refractivity contribution in [2.45, 2.75) is 0 Å². The van der Waals surface area contributed by atoms with Crippen LogP contribution in [0.2, 0.25) is 0 Å². The molecule has 49 heavy (non-hydrogen) atoms. The highest BCUT2D eigenvalue weighted by molar-refractivity contribution is 6.21. The van der Waals surface area contributed by atoms with E-state index in [1.54, 1.807) is 6.07 Å². The van der Waals surface area contributed by atoms with E-state index in [2.05, 4.69) is 127 Å². The minimum absolute atomic E-state index is 0.0401. The first-order valence-corrected chi connectivity index (χ1v) is 16.5. The molecule has 0 atom stereocenters. The Morgan fingerprint density at radius 3 is 1.33 bits per heavy atom. The topological polar surface area (TPSA) is 13.1 Å². The molecule has 10 rings (SSSR count). The summed E-state index contributed by atoms with van der Waals surface area (Å²) in [6.07, 6.45) is 0. The van der Waals surface area contributed by atoms with Crippen molar-refractivity contribution in [3.8, 4) is 44.5 Å². The number of hydrogen-bond acceptors (Lipinski definition) is 1. The zero-order chi connectivity index (χ0) is 35.8. The largest absolute Gasteiger partial charge is 0.456 e. The van der Waals surface area contributed by atoms with Gasteiger partial charge in [0.15, 0.2) is 0 Å². The fourth-order valence-corrected chi connectivity index (χ4v) is 7.45. The molecule has 0 N–H and O–H groups in total. The predicted octanol–water partition coefficient (Wildman–Crippen LogP) is 13.7. The van der Waals surface area contributed by atoms with E-state index in [1.165, 1.54) is 49.4 Å². The third-order valence-corrected chi connectivity index (χ3v) is 9.79. The lowest BCUT2D eigenvalue weighted by molar-refractivity contribution is 0.669. The van der Waals surface area contributed by atoms with Gasteiger partial charge in [-0.1, -0.05) is 158 Å². The molecule has 0 saturated carbocycles. The SMILES string of the molecule is [2H]c1c([2H])c([2H])c2cc3c(cc2c1[2H])oc1cc(-c2ccc(-c4c5ccccc5c(-c5ccc(-c6ccccc6)cc5)c5ccccc45)cc2)ccc13. The smallest absolute Gasteiger partial charge is 0.136 e. The number of benzene rings is 9. The molecule has 0 amide bonds. The van der Waals surface area contributed by atoms with Crippen molar-refractivity contribution in [2.24, 2.45) is 0 Å². The molecule has 0 saturated heterocycles. The molecule has 0 aliphatic heterocycles. The number of hydrogen-bond donors (Lipinski definition) is 0.